The summed E-state index contributed by atoms with van der Waals surface area (Å²) in [6.45, 7) is 0.858. The quantitative estimate of drug-likeness (QED) is 0.814. The van der Waals surface area contributed by atoms with Crippen LogP contribution in [0.2, 0.25) is 0 Å². The van der Waals surface area contributed by atoms with Gasteiger partial charge in [-0.1, -0.05) is 0 Å². The number of rotatable bonds is 4. The number of anilines is 1. The Balaban J connectivity index is 1.99. The number of benzene rings is 1. The van der Waals surface area contributed by atoms with Gasteiger partial charge in [0.25, 0.3) is 12.3 Å². The van der Waals surface area contributed by atoms with Crippen molar-refractivity contribution >= 4 is 17.4 Å². The fourth-order valence-electron chi connectivity index (χ4n) is 3.01. The molecule has 0 fully saturated rings. The first-order valence-corrected chi connectivity index (χ1v) is 8.45. The van der Waals surface area contributed by atoms with Gasteiger partial charge in [-0.3, -0.25) is 14.8 Å². The van der Waals surface area contributed by atoms with Gasteiger partial charge >= 0.3 is 0 Å². The van der Waals surface area contributed by atoms with E-state index in [-0.39, 0.29) is 29.4 Å². The molecule has 1 aliphatic rings. The Morgan fingerprint density at radius 2 is 2.17 bits per heavy atom. The van der Waals surface area contributed by atoms with Crippen LogP contribution >= 0.6 is 0 Å². The number of nitrogens with zero attached hydrogens (tertiary/aromatic N) is 3. The average Bonchev–Trinajstić information content (AvgIpc) is 2.69. The standard InChI is InChI=1S/C19H16F3N5O2/c1-10-11(7-23)4-5-25-16(10)17(28)26-12-2-3-14(20)13(6-12)19(18(21)22)9-29-8-15(24)27-19/h2-6,18H,8-9H2,1H3,(H2,24,27)(H,26,28)/t19-/m0/s1. The maximum atomic E-state index is 14.4. The molecule has 2 heterocycles. The number of amides is 1. The third-order valence-corrected chi connectivity index (χ3v) is 4.51. The Labute approximate surface area is 164 Å². The fourth-order valence-corrected chi connectivity index (χ4v) is 3.01. The molecular weight excluding hydrogens is 387 g/mol. The number of nitrogens with two attached hydrogens (primary N) is 1. The van der Waals surface area contributed by atoms with Crippen LogP contribution in [0, 0.1) is 24.1 Å². The predicted octanol–water partition coefficient (Wildman–Crippen LogP) is 2.50. The third-order valence-electron chi connectivity index (χ3n) is 4.51. The van der Waals surface area contributed by atoms with Crippen molar-refractivity contribution in [3.05, 3.63) is 58.7 Å². The molecule has 2 aromatic rings. The summed E-state index contributed by atoms with van der Waals surface area (Å²) in [7, 11) is 0. The van der Waals surface area contributed by atoms with Gasteiger partial charge in [0.05, 0.1) is 18.2 Å². The highest BCUT2D eigenvalue weighted by atomic mass is 19.3. The number of ether oxygens (including phenoxy) is 1. The van der Waals surface area contributed by atoms with E-state index in [9.17, 15) is 18.0 Å². The molecule has 0 spiro atoms. The first-order chi connectivity index (χ1) is 13.8. The van der Waals surface area contributed by atoms with Crippen LogP contribution in [0.5, 0.6) is 0 Å². The molecular formula is C19H16F3N5O2. The summed E-state index contributed by atoms with van der Waals surface area (Å²) < 4.78 is 47.3. The summed E-state index contributed by atoms with van der Waals surface area (Å²) >= 11 is 0. The number of alkyl halides is 2. The molecule has 1 aromatic carbocycles. The molecule has 0 radical (unpaired) electrons. The Morgan fingerprint density at radius 1 is 1.41 bits per heavy atom. The number of aliphatic imine (C=N–C) groups is 1. The number of carbonyl (C=O) groups is 1. The van der Waals surface area contributed by atoms with Gasteiger partial charge < -0.3 is 15.8 Å². The number of halogens is 3. The van der Waals surface area contributed by atoms with E-state index in [1.54, 1.807) is 6.92 Å². The van der Waals surface area contributed by atoms with Gasteiger partial charge in [-0.2, -0.15) is 5.26 Å². The number of pyridine rings is 1. The van der Waals surface area contributed by atoms with Crippen LogP contribution in [0.3, 0.4) is 0 Å². The van der Waals surface area contributed by atoms with Crippen molar-refractivity contribution in [1.29, 1.82) is 5.26 Å². The SMILES string of the molecule is Cc1c(C#N)ccnc1C(=O)Nc1ccc(F)c([C@]2(C(F)F)COCC(N)=N2)c1. The summed E-state index contributed by atoms with van der Waals surface area (Å²) in [6, 6.07) is 6.63. The summed E-state index contributed by atoms with van der Waals surface area (Å²) in [6.07, 6.45) is -1.79. The second-order valence-corrected chi connectivity index (χ2v) is 6.41. The van der Waals surface area contributed by atoms with Crippen LogP contribution < -0.4 is 11.1 Å². The van der Waals surface area contributed by atoms with Gasteiger partial charge in [0, 0.05) is 17.4 Å². The minimum absolute atomic E-state index is 0.0123. The molecule has 29 heavy (non-hydrogen) atoms. The van der Waals surface area contributed by atoms with Gasteiger partial charge in [-0.25, -0.2) is 13.2 Å². The van der Waals surface area contributed by atoms with Crippen molar-refractivity contribution < 1.29 is 22.7 Å². The number of hydrogen-bond donors (Lipinski definition) is 2. The fraction of sp³-hybridized carbons (Fsp3) is 0.263. The molecule has 0 saturated carbocycles. The molecule has 7 nitrogen and oxygen atoms in total. The van der Waals surface area contributed by atoms with E-state index in [1.807, 2.05) is 6.07 Å². The highest BCUT2D eigenvalue weighted by molar-refractivity contribution is 6.04. The first-order valence-electron chi connectivity index (χ1n) is 8.45. The zero-order valence-corrected chi connectivity index (χ0v) is 15.2. The van der Waals surface area contributed by atoms with Crippen LogP contribution in [0.15, 0.2) is 35.5 Å². The number of nitriles is 1. The number of hydrogen-bond acceptors (Lipinski definition) is 6. The van der Waals surface area contributed by atoms with Crippen LogP contribution in [0.25, 0.3) is 0 Å². The second kappa shape index (κ2) is 7.89. The van der Waals surface area contributed by atoms with Gasteiger partial charge in [0.1, 0.15) is 24.0 Å². The Morgan fingerprint density at radius 3 is 2.83 bits per heavy atom. The normalized spacial score (nSPS) is 18.8. The van der Waals surface area contributed by atoms with Crippen molar-refractivity contribution in [3.8, 4) is 6.07 Å². The molecule has 1 aromatic heterocycles. The summed E-state index contributed by atoms with van der Waals surface area (Å²) in [5, 5.41) is 11.6. The lowest BCUT2D eigenvalue weighted by molar-refractivity contribution is -0.0145. The third kappa shape index (κ3) is 3.77. The summed E-state index contributed by atoms with van der Waals surface area (Å²) in [5.41, 5.74) is 3.43. The van der Waals surface area contributed by atoms with Crippen molar-refractivity contribution in [2.75, 3.05) is 18.5 Å². The molecule has 0 bridgehead atoms. The molecule has 0 unspecified atom stereocenters. The van der Waals surface area contributed by atoms with Crippen LogP contribution in [-0.2, 0) is 10.3 Å². The lowest BCUT2D eigenvalue weighted by Gasteiger charge is -2.33. The minimum Gasteiger partial charge on any atom is -0.385 e. The monoisotopic (exact) mass is 403 g/mol. The van der Waals surface area contributed by atoms with Crippen LogP contribution in [0.4, 0.5) is 18.9 Å². The lowest BCUT2D eigenvalue weighted by atomic mass is 9.90. The lowest BCUT2D eigenvalue weighted by Crippen LogP contribution is -2.45. The zero-order valence-electron chi connectivity index (χ0n) is 15.2. The second-order valence-electron chi connectivity index (χ2n) is 6.41. The molecule has 1 amide bonds. The molecule has 1 atom stereocenters. The highest BCUT2D eigenvalue weighted by Gasteiger charge is 2.46. The summed E-state index contributed by atoms with van der Waals surface area (Å²) in [5.74, 6) is -1.80. The van der Waals surface area contributed by atoms with E-state index >= 15 is 0 Å². The van der Waals surface area contributed by atoms with E-state index in [0.717, 1.165) is 12.1 Å². The number of nitrogens with one attached hydrogen (secondary N) is 1. The maximum absolute atomic E-state index is 14.4. The smallest absolute Gasteiger partial charge is 0.274 e. The first kappa shape index (κ1) is 20.3. The van der Waals surface area contributed by atoms with Crippen LogP contribution in [0.1, 0.15) is 27.2 Å². The summed E-state index contributed by atoms with van der Waals surface area (Å²) in [4.78, 5) is 20.3. The van der Waals surface area contributed by atoms with E-state index in [4.69, 9.17) is 15.7 Å². The van der Waals surface area contributed by atoms with Gasteiger partial charge in [-0.05, 0) is 36.8 Å². The molecule has 10 heteroatoms. The topological polar surface area (TPSA) is 113 Å². The predicted molar refractivity (Wildman–Crippen MR) is 98.2 cm³/mol. The Bertz CT molecular complexity index is 1030. The molecule has 3 N–H and O–H groups in total. The van der Waals surface area contributed by atoms with Crippen molar-refractivity contribution in [1.82, 2.24) is 4.98 Å². The van der Waals surface area contributed by atoms with E-state index in [0.29, 0.717) is 5.56 Å². The van der Waals surface area contributed by atoms with Crippen molar-refractivity contribution in [3.63, 3.8) is 0 Å². The molecule has 150 valence electrons. The number of carbonyl (C=O) groups excluding carboxylic acids is 1. The highest BCUT2D eigenvalue weighted by Crippen LogP contribution is 2.38. The number of aromatic nitrogens is 1. The van der Waals surface area contributed by atoms with Gasteiger partial charge in [-0.15, -0.1) is 0 Å². The van der Waals surface area contributed by atoms with Crippen molar-refractivity contribution in [2.45, 2.75) is 18.9 Å². The van der Waals surface area contributed by atoms with Crippen LogP contribution in [-0.4, -0.2) is 36.4 Å². The van der Waals surface area contributed by atoms with E-state index in [2.05, 4.69) is 15.3 Å². The Kier molecular flexibility index (Phi) is 5.52. The maximum Gasteiger partial charge on any atom is 0.274 e. The minimum atomic E-state index is -3.10. The van der Waals surface area contributed by atoms with E-state index in [1.165, 1.54) is 18.3 Å². The zero-order chi connectivity index (χ0) is 21.2. The van der Waals surface area contributed by atoms with E-state index < -0.39 is 35.9 Å². The van der Waals surface area contributed by atoms with Crippen molar-refractivity contribution in [2.24, 2.45) is 10.7 Å². The molecule has 0 saturated heterocycles. The largest absolute Gasteiger partial charge is 0.385 e. The Hall–Kier alpha value is -3.45. The molecule has 3 rings (SSSR count). The van der Waals surface area contributed by atoms with Gasteiger partial charge in [0.15, 0.2) is 5.54 Å². The number of amidine groups is 1. The molecule has 1 aliphatic heterocycles. The molecule has 0 aliphatic carbocycles. The van der Waals surface area contributed by atoms with Gasteiger partial charge in [0.2, 0.25) is 0 Å². The average molecular weight is 403 g/mol.